The van der Waals surface area contributed by atoms with Crippen LogP contribution in [0.1, 0.15) is 47.2 Å². The van der Waals surface area contributed by atoms with Crippen molar-refractivity contribution in [3.63, 3.8) is 0 Å². The molecule has 3 aliphatic rings. The molecule has 15 rings (SSSR count). The molecule has 0 N–H and O–H groups in total. The number of furan rings is 1. The molecule has 0 bridgehead atoms. The van der Waals surface area contributed by atoms with Crippen molar-refractivity contribution in [2.75, 3.05) is 4.90 Å². The number of benzene rings is 11. The maximum Gasteiger partial charge on any atom is 0.135 e. The highest BCUT2D eigenvalue weighted by atomic mass is 16.3. The summed E-state index contributed by atoms with van der Waals surface area (Å²) in [7, 11) is 0. The van der Waals surface area contributed by atoms with E-state index >= 15 is 0 Å². The first kappa shape index (κ1) is 40.9. The second-order valence-electron chi connectivity index (χ2n) is 20.3. The minimum atomic E-state index is -0.457. The van der Waals surface area contributed by atoms with Crippen molar-refractivity contribution in [1.82, 2.24) is 0 Å². The molecule has 3 aliphatic carbocycles. The van der Waals surface area contributed by atoms with E-state index in [1.807, 2.05) is 12.1 Å². The van der Waals surface area contributed by atoms with Gasteiger partial charge in [0.1, 0.15) is 11.2 Å². The molecule has 0 fully saturated rings. The van der Waals surface area contributed by atoms with Gasteiger partial charge in [0.2, 0.25) is 0 Å². The Bertz CT molecular complexity index is 4150. The van der Waals surface area contributed by atoms with Gasteiger partial charge in [-0.05, 0) is 143 Å². The van der Waals surface area contributed by atoms with Gasteiger partial charge in [0.15, 0.2) is 0 Å². The van der Waals surface area contributed by atoms with Gasteiger partial charge in [-0.3, -0.25) is 0 Å². The predicted molar refractivity (Wildman–Crippen MR) is 299 cm³/mol. The largest absolute Gasteiger partial charge is 0.456 e. The van der Waals surface area contributed by atoms with Gasteiger partial charge in [0, 0.05) is 33.1 Å². The van der Waals surface area contributed by atoms with Gasteiger partial charge in [0.05, 0.1) is 11.1 Å². The van der Waals surface area contributed by atoms with Gasteiger partial charge >= 0.3 is 0 Å². The lowest BCUT2D eigenvalue weighted by atomic mass is 9.70. The van der Waals surface area contributed by atoms with E-state index in [-0.39, 0.29) is 5.41 Å². The number of rotatable bonds is 6. The van der Waals surface area contributed by atoms with Crippen molar-refractivity contribution < 1.29 is 4.42 Å². The smallest absolute Gasteiger partial charge is 0.135 e. The Hall–Kier alpha value is -8.98. The van der Waals surface area contributed by atoms with Crippen LogP contribution in [0.2, 0.25) is 0 Å². The number of anilines is 3. The SMILES string of the molecule is CC1(C)c2ccccc2-c2ccc(N(c3ccc(-c4ccc5oc6ccccc6c5c4)cc3)c3cc(-c4ccccc4)ccc3-c3cccc4c3-c3ccccc3C43c4ccccc4-c4ccccc43)cc21. The third-order valence-electron chi connectivity index (χ3n) is 16.3. The molecule has 2 heteroatoms. The normalized spacial score (nSPS) is 13.9. The van der Waals surface area contributed by atoms with Crippen LogP contribution in [0, 0.1) is 0 Å². The first-order valence-corrected chi connectivity index (χ1v) is 25.2. The van der Waals surface area contributed by atoms with E-state index in [2.05, 4.69) is 255 Å². The van der Waals surface area contributed by atoms with Crippen molar-refractivity contribution in [1.29, 1.82) is 0 Å². The maximum atomic E-state index is 6.25. The van der Waals surface area contributed by atoms with Crippen LogP contribution in [0.5, 0.6) is 0 Å². The number of nitrogens with zero attached hydrogens (tertiary/aromatic N) is 1. The minimum absolute atomic E-state index is 0.186. The summed E-state index contributed by atoms with van der Waals surface area (Å²) in [6, 6.07) is 92.5. The highest BCUT2D eigenvalue weighted by Gasteiger charge is 2.52. The fourth-order valence-corrected chi connectivity index (χ4v) is 13.1. The Morgan fingerprint density at radius 1 is 0.306 bits per heavy atom. The second kappa shape index (κ2) is 15.3. The van der Waals surface area contributed by atoms with Crippen molar-refractivity contribution in [3.8, 4) is 66.8 Å². The zero-order valence-corrected chi connectivity index (χ0v) is 40.0. The number of hydrogen-bond donors (Lipinski definition) is 0. The Morgan fingerprint density at radius 2 is 0.806 bits per heavy atom. The van der Waals surface area contributed by atoms with E-state index in [0.29, 0.717) is 0 Å². The maximum absolute atomic E-state index is 6.25. The lowest BCUT2D eigenvalue weighted by Crippen LogP contribution is -2.25. The van der Waals surface area contributed by atoms with E-state index in [1.165, 1.54) is 83.5 Å². The third kappa shape index (κ3) is 5.66. The average molecular weight is 918 g/mol. The molecule has 1 heterocycles. The molecule has 0 unspecified atom stereocenters. The van der Waals surface area contributed by atoms with Gasteiger partial charge in [-0.2, -0.15) is 0 Å². The number of para-hydroxylation sites is 1. The van der Waals surface area contributed by atoms with Gasteiger partial charge in [0.25, 0.3) is 0 Å². The summed E-state index contributed by atoms with van der Waals surface area (Å²) in [5.41, 5.74) is 27.3. The molecule has 338 valence electrons. The lowest BCUT2D eigenvalue weighted by molar-refractivity contribution is 0.660. The first-order chi connectivity index (χ1) is 35.5. The monoisotopic (exact) mass is 917 g/mol. The fraction of sp³-hybridized carbons (Fsp3) is 0.0571. The van der Waals surface area contributed by atoms with Gasteiger partial charge < -0.3 is 9.32 Å². The van der Waals surface area contributed by atoms with Crippen molar-refractivity contribution >= 4 is 39.0 Å². The zero-order chi connectivity index (χ0) is 47.7. The molecule has 72 heavy (non-hydrogen) atoms. The summed E-state index contributed by atoms with van der Waals surface area (Å²) in [6.07, 6.45) is 0. The first-order valence-electron chi connectivity index (χ1n) is 25.2. The van der Waals surface area contributed by atoms with Crippen LogP contribution in [0.4, 0.5) is 17.1 Å². The molecule has 1 spiro atoms. The van der Waals surface area contributed by atoms with Gasteiger partial charge in [-0.15, -0.1) is 0 Å². The molecule has 1 aromatic heterocycles. The summed E-state index contributed by atoms with van der Waals surface area (Å²) in [6.45, 7) is 4.75. The van der Waals surface area contributed by atoms with E-state index in [4.69, 9.17) is 4.42 Å². The summed E-state index contributed by atoms with van der Waals surface area (Å²) in [5.74, 6) is 0. The topological polar surface area (TPSA) is 16.4 Å². The quantitative estimate of drug-likeness (QED) is 0.165. The highest BCUT2D eigenvalue weighted by molar-refractivity contribution is 6.07. The van der Waals surface area contributed by atoms with Gasteiger partial charge in [-0.1, -0.05) is 214 Å². The molecular formula is C70H47NO. The molecule has 0 saturated carbocycles. The Kier molecular flexibility index (Phi) is 8.66. The minimum Gasteiger partial charge on any atom is -0.456 e. The molecule has 12 aromatic rings. The Morgan fingerprint density at radius 3 is 1.56 bits per heavy atom. The van der Waals surface area contributed by atoms with Crippen LogP contribution in [0.3, 0.4) is 0 Å². The number of fused-ring (bicyclic) bond motifs is 16. The lowest BCUT2D eigenvalue weighted by Gasteiger charge is -2.31. The zero-order valence-electron chi connectivity index (χ0n) is 40.0. The standard InChI is InChI=1S/C70H47NO/c1-69(2)59-25-11-6-19-50(59)53-39-37-49(43-64(53)69)71(48-35-31-45(32-36-48)46-34-40-67-58(41-46)55-22-10-15-30-66(55)72-67)65-42-47(44-17-4-3-5-18-44)33-38-54(65)56-24-16-29-63-68(56)57-23-9-14-28-62(57)70(63)60-26-12-7-20-51(60)52-21-8-13-27-61(52)70/h3-43H,1-2H3. The molecular weight excluding hydrogens is 871 g/mol. The average Bonchev–Trinajstić information content (AvgIpc) is 4.14. The van der Waals surface area contributed by atoms with E-state index in [9.17, 15) is 0 Å². The molecule has 0 amide bonds. The van der Waals surface area contributed by atoms with Crippen LogP contribution >= 0.6 is 0 Å². The van der Waals surface area contributed by atoms with Crippen LogP contribution in [0.25, 0.3) is 88.7 Å². The summed E-state index contributed by atoms with van der Waals surface area (Å²) < 4.78 is 6.25. The Balaban J connectivity index is 0.981. The van der Waals surface area contributed by atoms with Crippen molar-refractivity contribution in [2.45, 2.75) is 24.7 Å². The third-order valence-corrected chi connectivity index (χ3v) is 16.3. The molecule has 0 atom stereocenters. The molecule has 2 nitrogen and oxygen atoms in total. The summed E-state index contributed by atoms with van der Waals surface area (Å²) in [4.78, 5) is 2.52. The predicted octanol–water partition coefficient (Wildman–Crippen LogP) is 18.7. The second-order valence-corrected chi connectivity index (χ2v) is 20.3. The molecule has 0 radical (unpaired) electrons. The number of hydrogen-bond acceptors (Lipinski definition) is 2. The molecule has 0 saturated heterocycles. The fourth-order valence-electron chi connectivity index (χ4n) is 13.1. The van der Waals surface area contributed by atoms with E-state index in [0.717, 1.165) is 55.7 Å². The van der Waals surface area contributed by atoms with E-state index < -0.39 is 5.41 Å². The van der Waals surface area contributed by atoms with Crippen molar-refractivity contribution in [2.24, 2.45) is 0 Å². The Labute approximate surface area is 419 Å². The van der Waals surface area contributed by atoms with Gasteiger partial charge in [-0.25, -0.2) is 0 Å². The molecule has 11 aromatic carbocycles. The van der Waals surface area contributed by atoms with Crippen molar-refractivity contribution in [3.05, 3.63) is 282 Å². The van der Waals surface area contributed by atoms with Crippen LogP contribution in [-0.4, -0.2) is 0 Å². The van der Waals surface area contributed by atoms with Crippen LogP contribution in [-0.2, 0) is 10.8 Å². The summed E-state index contributed by atoms with van der Waals surface area (Å²) in [5, 5.41) is 2.26. The van der Waals surface area contributed by atoms with Crippen LogP contribution < -0.4 is 4.90 Å². The summed E-state index contributed by atoms with van der Waals surface area (Å²) >= 11 is 0. The molecule has 0 aliphatic heterocycles. The van der Waals surface area contributed by atoms with E-state index in [1.54, 1.807) is 0 Å². The van der Waals surface area contributed by atoms with Crippen LogP contribution in [0.15, 0.2) is 253 Å². The highest BCUT2D eigenvalue weighted by Crippen LogP contribution is 2.64.